The molecule has 0 aromatic heterocycles. The molecule has 104 valence electrons. The first-order valence-electron chi connectivity index (χ1n) is 6.14. The van der Waals surface area contributed by atoms with Gasteiger partial charge in [-0.05, 0) is 58.2 Å². The van der Waals surface area contributed by atoms with Crippen LogP contribution >= 0.6 is 27.5 Å². The van der Waals surface area contributed by atoms with E-state index in [0.29, 0.717) is 21.6 Å². The van der Waals surface area contributed by atoms with Crippen molar-refractivity contribution in [1.29, 1.82) is 0 Å². The van der Waals surface area contributed by atoms with Gasteiger partial charge in [0.05, 0.1) is 5.02 Å². The number of hydrogen-bond acceptors (Lipinski definition) is 2. The third-order valence-corrected chi connectivity index (χ3v) is 4.07. The Labute approximate surface area is 131 Å². The highest BCUT2D eigenvalue weighted by atomic mass is 79.9. The third kappa shape index (κ3) is 3.99. The van der Waals surface area contributed by atoms with Gasteiger partial charge in [0.15, 0.2) is 0 Å². The number of nitrogen functional groups attached to an aromatic ring is 1. The summed E-state index contributed by atoms with van der Waals surface area (Å²) >= 11 is 9.20. The van der Waals surface area contributed by atoms with Gasteiger partial charge in [0, 0.05) is 22.3 Å². The van der Waals surface area contributed by atoms with Crippen molar-refractivity contribution in [2.75, 3.05) is 12.3 Å². The molecule has 2 rings (SSSR count). The van der Waals surface area contributed by atoms with Gasteiger partial charge >= 0.3 is 0 Å². The number of nitrogens with two attached hydrogens (primary N) is 1. The molecule has 0 spiro atoms. The third-order valence-electron chi connectivity index (χ3n) is 2.86. The predicted molar refractivity (Wildman–Crippen MR) is 86.0 cm³/mol. The molecule has 0 aliphatic carbocycles. The molecule has 20 heavy (non-hydrogen) atoms. The molecule has 3 nitrogen and oxygen atoms in total. The zero-order valence-electron chi connectivity index (χ0n) is 10.7. The SMILES string of the molecule is Nc1ccc(CCNC(=O)c2ccc(Cl)c(Br)c2)cc1. The molecule has 0 radical (unpaired) electrons. The van der Waals surface area contributed by atoms with E-state index in [1.54, 1.807) is 18.2 Å². The van der Waals surface area contributed by atoms with Crippen LogP contribution in [0.1, 0.15) is 15.9 Å². The zero-order valence-corrected chi connectivity index (χ0v) is 13.0. The van der Waals surface area contributed by atoms with Gasteiger partial charge in [-0.15, -0.1) is 0 Å². The maximum Gasteiger partial charge on any atom is 0.251 e. The van der Waals surface area contributed by atoms with Crippen molar-refractivity contribution in [3.63, 3.8) is 0 Å². The van der Waals surface area contributed by atoms with E-state index in [9.17, 15) is 4.79 Å². The molecular formula is C15H14BrClN2O. The van der Waals surface area contributed by atoms with Crippen LogP contribution in [0, 0.1) is 0 Å². The number of halogens is 2. The first kappa shape index (κ1) is 14.9. The quantitative estimate of drug-likeness (QED) is 0.824. The summed E-state index contributed by atoms with van der Waals surface area (Å²) in [4.78, 5) is 12.0. The van der Waals surface area contributed by atoms with Crippen LogP contribution < -0.4 is 11.1 Å². The smallest absolute Gasteiger partial charge is 0.251 e. The molecule has 0 saturated heterocycles. The van der Waals surface area contributed by atoms with E-state index in [1.165, 1.54) is 0 Å². The fourth-order valence-electron chi connectivity index (χ4n) is 1.74. The lowest BCUT2D eigenvalue weighted by molar-refractivity contribution is 0.0954. The lowest BCUT2D eigenvalue weighted by atomic mass is 10.1. The zero-order chi connectivity index (χ0) is 14.5. The van der Waals surface area contributed by atoms with Crippen molar-refractivity contribution in [2.24, 2.45) is 0 Å². The highest BCUT2D eigenvalue weighted by Gasteiger charge is 2.07. The van der Waals surface area contributed by atoms with E-state index in [0.717, 1.165) is 17.7 Å². The van der Waals surface area contributed by atoms with Gasteiger partial charge in [0.1, 0.15) is 0 Å². The van der Waals surface area contributed by atoms with E-state index in [-0.39, 0.29) is 5.91 Å². The Morgan fingerprint density at radius 1 is 1.20 bits per heavy atom. The molecule has 0 fully saturated rings. The summed E-state index contributed by atoms with van der Waals surface area (Å²) in [6, 6.07) is 12.7. The number of carbonyl (C=O) groups excluding carboxylic acids is 1. The topological polar surface area (TPSA) is 55.1 Å². The highest BCUT2D eigenvalue weighted by Crippen LogP contribution is 2.23. The first-order valence-corrected chi connectivity index (χ1v) is 7.31. The Morgan fingerprint density at radius 2 is 1.90 bits per heavy atom. The molecule has 0 atom stereocenters. The second-order valence-corrected chi connectivity index (χ2v) is 5.64. The molecule has 1 amide bonds. The molecule has 2 aromatic carbocycles. The van der Waals surface area contributed by atoms with E-state index in [1.807, 2.05) is 24.3 Å². The number of anilines is 1. The molecule has 0 aliphatic heterocycles. The van der Waals surface area contributed by atoms with Crippen LogP contribution in [0.25, 0.3) is 0 Å². The van der Waals surface area contributed by atoms with Crippen LogP contribution in [-0.2, 0) is 6.42 Å². The van der Waals surface area contributed by atoms with Crippen molar-refractivity contribution in [3.05, 3.63) is 63.1 Å². The van der Waals surface area contributed by atoms with E-state index < -0.39 is 0 Å². The lowest BCUT2D eigenvalue weighted by Crippen LogP contribution is -2.25. The van der Waals surface area contributed by atoms with Gasteiger partial charge < -0.3 is 11.1 Å². The maximum atomic E-state index is 12.0. The van der Waals surface area contributed by atoms with Crippen LogP contribution in [0.4, 0.5) is 5.69 Å². The average molecular weight is 354 g/mol. The molecule has 0 heterocycles. The summed E-state index contributed by atoms with van der Waals surface area (Å²) in [5.41, 5.74) is 8.08. The fraction of sp³-hybridized carbons (Fsp3) is 0.133. The molecule has 3 N–H and O–H groups in total. The number of benzene rings is 2. The van der Waals surface area contributed by atoms with Crippen molar-refractivity contribution in [3.8, 4) is 0 Å². The average Bonchev–Trinajstić information content (AvgIpc) is 2.44. The van der Waals surface area contributed by atoms with Gasteiger partial charge in [-0.25, -0.2) is 0 Å². The molecule has 0 aliphatic rings. The number of amides is 1. The number of nitrogens with one attached hydrogen (secondary N) is 1. The molecule has 0 unspecified atom stereocenters. The summed E-state index contributed by atoms with van der Waals surface area (Å²) in [5.74, 6) is -0.113. The first-order chi connectivity index (χ1) is 9.56. The summed E-state index contributed by atoms with van der Waals surface area (Å²) in [6.45, 7) is 0.572. The lowest BCUT2D eigenvalue weighted by Gasteiger charge is -2.06. The van der Waals surface area contributed by atoms with Gasteiger partial charge in [-0.3, -0.25) is 4.79 Å². The second kappa shape index (κ2) is 6.77. The summed E-state index contributed by atoms with van der Waals surface area (Å²) < 4.78 is 0.713. The predicted octanol–water partition coefficient (Wildman–Crippen LogP) is 3.66. The van der Waals surface area contributed by atoms with E-state index in [4.69, 9.17) is 17.3 Å². The van der Waals surface area contributed by atoms with Crippen LogP contribution in [0.3, 0.4) is 0 Å². The van der Waals surface area contributed by atoms with E-state index >= 15 is 0 Å². The summed E-state index contributed by atoms with van der Waals surface area (Å²) in [5, 5.41) is 3.46. The normalized spacial score (nSPS) is 10.3. The van der Waals surface area contributed by atoms with Gasteiger partial charge in [0.2, 0.25) is 0 Å². The molecule has 2 aromatic rings. The molecular weight excluding hydrogens is 340 g/mol. The Kier molecular flexibility index (Phi) is 5.04. The Hall–Kier alpha value is -1.52. The largest absolute Gasteiger partial charge is 0.399 e. The van der Waals surface area contributed by atoms with Gasteiger partial charge in [-0.1, -0.05) is 23.7 Å². The Bertz CT molecular complexity index is 614. The number of rotatable bonds is 4. The highest BCUT2D eigenvalue weighted by molar-refractivity contribution is 9.10. The van der Waals surface area contributed by atoms with Crippen LogP contribution in [0.2, 0.25) is 5.02 Å². The van der Waals surface area contributed by atoms with Crippen molar-refractivity contribution in [2.45, 2.75) is 6.42 Å². The molecule has 0 saturated carbocycles. The van der Waals surface area contributed by atoms with Gasteiger partial charge in [-0.2, -0.15) is 0 Å². The second-order valence-electron chi connectivity index (χ2n) is 4.38. The van der Waals surface area contributed by atoms with Crippen LogP contribution in [0.5, 0.6) is 0 Å². The van der Waals surface area contributed by atoms with E-state index in [2.05, 4.69) is 21.2 Å². The number of hydrogen-bond donors (Lipinski definition) is 2. The maximum absolute atomic E-state index is 12.0. The Morgan fingerprint density at radius 3 is 2.55 bits per heavy atom. The van der Waals surface area contributed by atoms with Gasteiger partial charge in [0.25, 0.3) is 5.91 Å². The monoisotopic (exact) mass is 352 g/mol. The summed E-state index contributed by atoms with van der Waals surface area (Å²) in [7, 11) is 0. The number of carbonyl (C=O) groups is 1. The Balaban J connectivity index is 1.88. The minimum atomic E-state index is -0.113. The van der Waals surface area contributed by atoms with Crippen LogP contribution in [0.15, 0.2) is 46.9 Å². The minimum Gasteiger partial charge on any atom is -0.399 e. The summed E-state index contributed by atoms with van der Waals surface area (Å²) in [6.07, 6.45) is 0.765. The fourth-order valence-corrected chi connectivity index (χ4v) is 2.24. The minimum absolute atomic E-state index is 0.113. The van der Waals surface area contributed by atoms with Crippen molar-refractivity contribution in [1.82, 2.24) is 5.32 Å². The molecule has 5 heteroatoms. The van der Waals surface area contributed by atoms with Crippen LogP contribution in [-0.4, -0.2) is 12.5 Å². The van der Waals surface area contributed by atoms with Crippen molar-refractivity contribution < 1.29 is 4.79 Å². The van der Waals surface area contributed by atoms with Crippen molar-refractivity contribution >= 4 is 39.1 Å². The standard InChI is InChI=1S/C15H14BrClN2O/c16-13-9-11(3-6-14(13)17)15(20)19-8-7-10-1-4-12(18)5-2-10/h1-6,9H,7-8,18H2,(H,19,20). The molecule has 0 bridgehead atoms.